The Hall–Kier alpha value is -2.11. The van der Waals surface area contributed by atoms with E-state index < -0.39 is 14.4 Å². The fourth-order valence-corrected chi connectivity index (χ4v) is 9.84. The summed E-state index contributed by atoms with van der Waals surface area (Å²) < 4.78 is 7.21. The number of rotatable bonds is 5. The Morgan fingerprint density at radius 2 is 1.50 bits per heavy atom. The molecule has 2 N–H and O–H groups in total. The van der Waals surface area contributed by atoms with E-state index in [0.29, 0.717) is 11.8 Å². The highest BCUT2D eigenvalue weighted by Crippen LogP contribution is 2.54. The third-order valence-electron chi connectivity index (χ3n) is 6.43. The number of amides is 1. The largest absolute Gasteiger partial charge is 0.465 e. The number of nitrogens with one attached hydrogen (secondary N) is 1. The predicted octanol–water partition coefficient (Wildman–Crippen LogP) is 3.61. The molecule has 148 valence electrons. The monoisotopic (exact) mass is 395 g/mol. The van der Waals surface area contributed by atoms with Crippen molar-refractivity contribution in [3.63, 3.8) is 0 Å². The lowest BCUT2D eigenvalue weighted by Crippen LogP contribution is -2.67. The van der Waals surface area contributed by atoms with Gasteiger partial charge in [0.15, 0.2) is 0 Å². The van der Waals surface area contributed by atoms with E-state index in [9.17, 15) is 9.90 Å². The highest BCUT2D eigenvalue weighted by Gasteiger charge is 2.60. The lowest BCUT2D eigenvalue weighted by molar-refractivity contribution is 0.162. The molecule has 2 aromatic rings. The van der Waals surface area contributed by atoms with Crippen LogP contribution >= 0.6 is 0 Å². The first-order chi connectivity index (χ1) is 13.3. The van der Waals surface area contributed by atoms with Crippen LogP contribution in [0.5, 0.6) is 0 Å². The van der Waals surface area contributed by atoms with Crippen LogP contribution in [0.1, 0.15) is 33.6 Å². The summed E-state index contributed by atoms with van der Waals surface area (Å²) in [7, 11) is -2.57. The van der Waals surface area contributed by atoms with Gasteiger partial charge in [0, 0.05) is 6.04 Å². The average Bonchev–Trinajstić information content (AvgIpc) is 3.39. The van der Waals surface area contributed by atoms with Gasteiger partial charge in [0.25, 0.3) is 8.32 Å². The molecule has 2 fully saturated rings. The number of carbonyl (C=O) groups is 1. The molecule has 2 aliphatic rings. The molecule has 5 heteroatoms. The van der Waals surface area contributed by atoms with Crippen molar-refractivity contribution in [1.82, 2.24) is 5.32 Å². The maximum Gasteiger partial charge on any atom is 0.404 e. The van der Waals surface area contributed by atoms with Crippen molar-refractivity contribution in [2.45, 2.75) is 50.8 Å². The molecular weight excluding hydrogens is 366 g/mol. The Bertz CT molecular complexity index is 794. The van der Waals surface area contributed by atoms with E-state index in [2.05, 4.69) is 86.8 Å². The molecule has 2 aliphatic carbocycles. The molecule has 4 atom stereocenters. The quantitative estimate of drug-likeness (QED) is 0.761. The topological polar surface area (TPSA) is 58.6 Å². The molecule has 1 amide bonds. The first-order valence-corrected chi connectivity index (χ1v) is 12.0. The summed E-state index contributed by atoms with van der Waals surface area (Å²) in [4.78, 5) is 11.2. The summed E-state index contributed by atoms with van der Waals surface area (Å²) in [5, 5.41) is 14.4. The Balaban J connectivity index is 1.75. The third kappa shape index (κ3) is 3.27. The second-order valence-corrected chi connectivity index (χ2v) is 13.4. The molecule has 0 heterocycles. The Morgan fingerprint density at radius 1 is 0.964 bits per heavy atom. The van der Waals surface area contributed by atoms with Crippen LogP contribution in [-0.2, 0) is 4.43 Å². The summed E-state index contributed by atoms with van der Waals surface area (Å²) >= 11 is 0. The van der Waals surface area contributed by atoms with Gasteiger partial charge in [0.05, 0.1) is 6.10 Å². The van der Waals surface area contributed by atoms with E-state index in [1.54, 1.807) is 0 Å². The lowest BCUT2D eigenvalue weighted by Gasteiger charge is -2.45. The normalized spacial score (nSPS) is 26.5. The van der Waals surface area contributed by atoms with Gasteiger partial charge in [-0.1, -0.05) is 81.4 Å². The lowest BCUT2D eigenvalue weighted by atomic mass is 10.1. The van der Waals surface area contributed by atoms with Crippen LogP contribution in [0.4, 0.5) is 4.79 Å². The van der Waals surface area contributed by atoms with E-state index in [0.717, 1.165) is 12.8 Å². The van der Waals surface area contributed by atoms with E-state index in [4.69, 9.17) is 4.43 Å². The van der Waals surface area contributed by atoms with Crippen molar-refractivity contribution < 1.29 is 14.3 Å². The van der Waals surface area contributed by atoms with Gasteiger partial charge in [-0.15, -0.1) is 0 Å². The minimum absolute atomic E-state index is 0.0192. The summed E-state index contributed by atoms with van der Waals surface area (Å²) in [6.07, 6.45) is 1.01. The Morgan fingerprint density at radius 3 is 1.96 bits per heavy atom. The number of hydrogen-bond donors (Lipinski definition) is 2. The van der Waals surface area contributed by atoms with E-state index in [1.807, 2.05) is 0 Å². The van der Waals surface area contributed by atoms with Crippen LogP contribution in [0, 0.1) is 11.8 Å². The zero-order chi connectivity index (χ0) is 19.9. The van der Waals surface area contributed by atoms with Gasteiger partial charge in [0.2, 0.25) is 0 Å². The number of carboxylic acid groups (broad SMARTS) is 1. The van der Waals surface area contributed by atoms with Crippen molar-refractivity contribution >= 4 is 24.8 Å². The molecule has 0 saturated heterocycles. The van der Waals surface area contributed by atoms with Crippen molar-refractivity contribution in [1.29, 1.82) is 0 Å². The fourth-order valence-electron chi connectivity index (χ4n) is 5.10. The van der Waals surface area contributed by atoms with Gasteiger partial charge in [0.1, 0.15) is 0 Å². The van der Waals surface area contributed by atoms with Gasteiger partial charge in [-0.3, -0.25) is 0 Å². The molecule has 0 spiro atoms. The van der Waals surface area contributed by atoms with E-state index >= 15 is 0 Å². The molecule has 2 aromatic carbocycles. The van der Waals surface area contributed by atoms with Crippen LogP contribution in [-0.4, -0.2) is 31.7 Å². The first-order valence-electron chi connectivity index (χ1n) is 10.1. The van der Waals surface area contributed by atoms with Crippen molar-refractivity contribution in [3.8, 4) is 0 Å². The zero-order valence-corrected chi connectivity index (χ0v) is 17.8. The Kier molecular flexibility index (Phi) is 4.84. The first kappa shape index (κ1) is 19.2. The summed E-state index contributed by atoms with van der Waals surface area (Å²) in [5.74, 6) is 0.901. The standard InChI is InChI=1S/C23H29NO3Si/c1-23(2,3)28(16-10-6-4-7-11-16,17-12-8-5-9-13-17)27-21-15-20(24-22(25)26)18-14-19(18)21/h4-13,18-21,24H,14-15H2,1-3H3,(H,25,26)/t18-,19+,20-,21+/m1/s1. The number of benzene rings is 2. The maximum absolute atomic E-state index is 11.2. The number of fused-ring (bicyclic) bond motifs is 1. The van der Waals surface area contributed by atoms with Crippen LogP contribution in [0.2, 0.25) is 5.04 Å². The third-order valence-corrected chi connectivity index (χ3v) is 11.5. The van der Waals surface area contributed by atoms with Crippen LogP contribution in [0.15, 0.2) is 60.7 Å². The molecule has 4 rings (SSSR count). The molecule has 4 nitrogen and oxygen atoms in total. The van der Waals surface area contributed by atoms with Crippen molar-refractivity contribution in [2.75, 3.05) is 0 Å². The predicted molar refractivity (Wildman–Crippen MR) is 114 cm³/mol. The second-order valence-electron chi connectivity index (χ2n) is 9.17. The maximum atomic E-state index is 11.2. The minimum Gasteiger partial charge on any atom is -0.465 e. The van der Waals surface area contributed by atoms with Crippen LogP contribution in [0.3, 0.4) is 0 Å². The van der Waals surface area contributed by atoms with Crippen molar-refractivity contribution in [2.24, 2.45) is 11.8 Å². The van der Waals surface area contributed by atoms with Gasteiger partial charge in [-0.25, -0.2) is 4.79 Å². The van der Waals surface area contributed by atoms with Crippen molar-refractivity contribution in [3.05, 3.63) is 60.7 Å². The summed E-state index contributed by atoms with van der Waals surface area (Å²) in [5.41, 5.74) is 0. The van der Waals surface area contributed by atoms with Gasteiger partial charge >= 0.3 is 6.09 Å². The highest BCUT2D eigenvalue weighted by atomic mass is 28.4. The fraction of sp³-hybridized carbons (Fsp3) is 0.435. The van der Waals surface area contributed by atoms with E-state index in [1.165, 1.54) is 10.4 Å². The molecule has 2 saturated carbocycles. The van der Waals surface area contributed by atoms with Gasteiger partial charge in [-0.2, -0.15) is 0 Å². The smallest absolute Gasteiger partial charge is 0.404 e. The SMILES string of the molecule is CC(C)(C)[Si](O[C@H]1C[C@@H](NC(=O)O)[C@@H]2C[C@@H]21)(c1ccccc1)c1ccccc1. The molecule has 0 radical (unpaired) electrons. The van der Waals surface area contributed by atoms with E-state index in [-0.39, 0.29) is 17.2 Å². The highest BCUT2D eigenvalue weighted by molar-refractivity contribution is 6.99. The molecule has 28 heavy (non-hydrogen) atoms. The average molecular weight is 396 g/mol. The molecular formula is C23H29NO3Si. The Labute approximate surface area is 168 Å². The van der Waals surface area contributed by atoms with Gasteiger partial charge < -0.3 is 14.8 Å². The van der Waals surface area contributed by atoms with Crippen LogP contribution in [0.25, 0.3) is 0 Å². The molecule has 0 aliphatic heterocycles. The molecule has 0 unspecified atom stereocenters. The minimum atomic E-state index is -2.57. The van der Waals surface area contributed by atoms with Crippen LogP contribution < -0.4 is 15.7 Å². The number of hydrogen-bond acceptors (Lipinski definition) is 2. The summed E-state index contributed by atoms with van der Waals surface area (Å²) in [6, 6.07) is 21.3. The molecule has 0 aromatic heterocycles. The second kappa shape index (κ2) is 7.05. The zero-order valence-electron chi connectivity index (χ0n) is 16.8. The van der Waals surface area contributed by atoms with Gasteiger partial charge in [-0.05, 0) is 40.1 Å². The summed E-state index contributed by atoms with van der Waals surface area (Å²) in [6.45, 7) is 6.85. The molecule has 0 bridgehead atoms.